The third kappa shape index (κ3) is 3.72. The Labute approximate surface area is 126 Å². The van der Waals surface area contributed by atoms with E-state index in [1.807, 2.05) is 0 Å². The van der Waals surface area contributed by atoms with Gasteiger partial charge in [0.1, 0.15) is 5.82 Å². The van der Waals surface area contributed by atoms with Crippen LogP contribution in [0.25, 0.3) is 0 Å². The van der Waals surface area contributed by atoms with Crippen LogP contribution in [0.1, 0.15) is 32.8 Å². The fourth-order valence-corrected chi connectivity index (χ4v) is 2.99. The molecule has 0 saturated carbocycles. The molecule has 20 heavy (non-hydrogen) atoms. The summed E-state index contributed by atoms with van der Waals surface area (Å²) in [6.07, 6.45) is 1.09. The zero-order valence-electron chi connectivity index (χ0n) is 12.5. The molecule has 1 heterocycles. The second kappa shape index (κ2) is 6.88. The van der Waals surface area contributed by atoms with E-state index < -0.39 is 0 Å². The van der Waals surface area contributed by atoms with Crippen LogP contribution < -0.4 is 5.32 Å². The van der Waals surface area contributed by atoms with Crippen molar-refractivity contribution in [2.24, 2.45) is 5.92 Å². The Hall–Kier alpha value is -0.640. The number of hydrogen-bond acceptors (Lipinski definition) is 2. The molecule has 0 aliphatic carbocycles. The minimum absolute atomic E-state index is 0.215. The first-order valence-corrected chi connectivity index (χ1v) is 7.80. The van der Waals surface area contributed by atoms with Gasteiger partial charge in [-0.2, -0.15) is 0 Å². The van der Waals surface area contributed by atoms with Crippen LogP contribution in [0.3, 0.4) is 0 Å². The quantitative estimate of drug-likeness (QED) is 0.912. The maximum atomic E-state index is 13.4. The highest BCUT2D eigenvalue weighted by atomic mass is 35.5. The Morgan fingerprint density at radius 1 is 1.45 bits per heavy atom. The minimum atomic E-state index is -0.215. The van der Waals surface area contributed by atoms with Gasteiger partial charge in [-0.25, -0.2) is 4.39 Å². The van der Waals surface area contributed by atoms with E-state index >= 15 is 0 Å². The van der Waals surface area contributed by atoms with Crippen LogP contribution in [0.4, 0.5) is 4.39 Å². The summed E-state index contributed by atoms with van der Waals surface area (Å²) in [7, 11) is 0. The largest absolute Gasteiger partial charge is 0.311 e. The molecule has 0 radical (unpaired) electrons. The van der Waals surface area contributed by atoms with Crippen LogP contribution >= 0.6 is 11.6 Å². The van der Waals surface area contributed by atoms with E-state index in [0.29, 0.717) is 23.0 Å². The molecule has 0 bridgehead atoms. The zero-order chi connectivity index (χ0) is 14.7. The molecule has 1 aromatic carbocycles. The standard InChI is InChI=1S/C16H24ClFN2/c1-4-14-8-19-16(11(2)3)10-20(14)9-12-7-13(18)5-6-15(12)17/h5-7,11,14,16,19H,4,8-10H2,1-3H3. The van der Waals surface area contributed by atoms with E-state index in [-0.39, 0.29) is 5.82 Å². The van der Waals surface area contributed by atoms with Crippen molar-refractivity contribution < 1.29 is 4.39 Å². The topological polar surface area (TPSA) is 15.3 Å². The molecule has 2 unspecified atom stereocenters. The SMILES string of the molecule is CCC1CNC(C(C)C)CN1Cc1cc(F)ccc1Cl. The fourth-order valence-electron chi connectivity index (χ4n) is 2.81. The predicted molar refractivity (Wildman–Crippen MR) is 82.5 cm³/mol. The molecule has 0 spiro atoms. The molecule has 1 aliphatic rings. The van der Waals surface area contributed by atoms with Crippen molar-refractivity contribution in [3.63, 3.8) is 0 Å². The maximum absolute atomic E-state index is 13.4. The molecule has 0 amide bonds. The molecule has 0 aromatic heterocycles. The summed E-state index contributed by atoms with van der Waals surface area (Å²) < 4.78 is 13.4. The second-order valence-corrected chi connectivity index (χ2v) is 6.39. The van der Waals surface area contributed by atoms with Crippen molar-refractivity contribution in [1.82, 2.24) is 10.2 Å². The van der Waals surface area contributed by atoms with Crippen LogP contribution in [-0.4, -0.2) is 30.1 Å². The molecule has 1 aliphatic heterocycles. The monoisotopic (exact) mass is 298 g/mol. The fraction of sp³-hybridized carbons (Fsp3) is 0.625. The number of hydrogen-bond donors (Lipinski definition) is 1. The summed E-state index contributed by atoms with van der Waals surface area (Å²) in [6.45, 7) is 9.37. The number of nitrogens with zero attached hydrogens (tertiary/aromatic N) is 1. The van der Waals surface area contributed by atoms with Crippen LogP contribution in [0.15, 0.2) is 18.2 Å². The second-order valence-electron chi connectivity index (χ2n) is 5.99. The van der Waals surface area contributed by atoms with E-state index in [1.165, 1.54) is 6.07 Å². The van der Waals surface area contributed by atoms with Crippen LogP contribution in [-0.2, 0) is 6.54 Å². The van der Waals surface area contributed by atoms with Gasteiger partial charge in [0.2, 0.25) is 0 Å². The van der Waals surface area contributed by atoms with Gasteiger partial charge in [-0.05, 0) is 36.1 Å². The number of halogens is 2. The van der Waals surface area contributed by atoms with Gasteiger partial charge < -0.3 is 5.32 Å². The van der Waals surface area contributed by atoms with Gasteiger partial charge in [-0.1, -0.05) is 32.4 Å². The zero-order valence-corrected chi connectivity index (χ0v) is 13.3. The lowest BCUT2D eigenvalue weighted by Crippen LogP contribution is -2.57. The Morgan fingerprint density at radius 2 is 2.20 bits per heavy atom. The highest BCUT2D eigenvalue weighted by Gasteiger charge is 2.28. The average Bonchev–Trinajstić information content (AvgIpc) is 2.42. The van der Waals surface area contributed by atoms with Gasteiger partial charge in [0, 0.05) is 36.7 Å². The molecule has 2 atom stereocenters. The van der Waals surface area contributed by atoms with E-state index in [0.717, 1.165) is 31.6 Å². The normalized spacial score (nSPS) is 24.3. The summed E-state index contributed by atoms with van der Waals surface area (Å²) >= 11 is 6.20. The highest BCUT2D eigenvalue weighted by molar-refractivity contribution is 6.31. The van der Waals surface area contributed by atoms with Crippen molar-refractivity contribution in [2.45, 2.75) is 45.8 Å². The minimum Gasteiger partial charge on any atom is -0.311 e. The van der Waals surface area contributed by atoms with Crippen LogP contribution in [0.5, 0.6) is 0 Å². The lowest BCUT2D eigenvalue weighted by atomic mass is 9.98. The molecular formula is C16H24ClFN2. The lowest BCUT2D eigenvalue weighted by molar-refractivity contribution is 0.103. The Balaban J connectivity index is 2.13. The highest BCUT2D eigenvalue weighted by Crippen LogP contribution is 2.23. The molecule has 4 heteroatoms. The van der Waals surface area contributed by atoms with Crippen molar-refractivity contribution >= 4 is 11.6 Å². The lowest BCUT2D eigenvalue weighted by Gasteiger charge is -2.41. The molecule has 1 fully saturated rings. The van der Waals surface area contributed by atoms with Gasteiger partial charge in [0.15, 0.2) is 0 Å². The van der Waals surface area contributed by atoms with Gasteiger partial charge >= 0.3 is 0 Å². The summed E-state index contributed by atoms with van der Waals surface area (Å²) in [5.41, 5.74) is 0.884. The molecule has 1 N–H and O–H groups in total. The Kier molecular flexibility index (Phi) is 5.42. The van der Waals surface area contributed by atoms with Crippen molar-refractivity contribution in [3.8, 4) is 0 Å². The third-order valence-corrected chi connectivity index (χ3v) is 4.59. The van der Waals surface area contributed by atoms with Crippen molar-refractivity contribution in [3.05, 3.63) is 34.6 Å². The molecule has 2 rings (SSSR count). The first kappa shape index (κ1) is 15.7. The van der Waals surface area contributed by atoms with Gasteiger partial charge in [-0.3, -0.25) is 4.90 Å². The maximum Gasteiger partial charge on any atom is 0.123 e. The third-order valence-electron chi connectivity index (χ3n) is 4.22. The van der Waals surface area contributed by atoms with E-state index in [1.54, 1.807) is 12.1 Å². The number of benzene rings is 1. The number of nitrogens with one attached hydrogen (secondary N) is 1. The number of piperazine rings is 1. The van der Waals surface area contributed by atoms with E-state index in [4.69, 9.17) is 11.6 Å². The Bertz CT molecular complexity index is 450. The van der Waals surface area contributed by atoms with Gasteiger partial charge in [0.25, 0.3) is 0 Å². The predicted octanol–water partition coefficient (Wildman–Crippen LogP) is 3.69. The molecule has 112 valence electrons. The van der Waals surface area contributed by atoms with Crippen molar-refractivity contribution in [2.75, 3.05) is 13.1 Å². The molecule has 1 aromatic rings. The van der Waals surface area contributed by atoms with E-state index in [2.05, 4.69) is 31.0 Å². The van der Waals surface area contributed by atoms with E-state index in [9.17, 15) is 4.39 Å². The smallest absolute Gasteiger partial charge is 0.123 e. The molecule has 1 saturated heterocycles. The Morgan fingerprint density at radius 3 is 2.85 bits per heavy atom. The summed E-state index contributed by atoms with van der Waals surface area (Å²) in [5.74, 6) is 0.381. The first-order valence-electron chi connectivity index (χ1n) is 7.42. The first-order chi connectivity index (χ1) is 9.51. The number of rotatable bonds is 4. The summed E-state index contributed by atoms with van der Waals surface area (Å²) in [5, 5.41) is 4.27. The average molecular weight is 299 g/mol. The van der Waals surface area contributed by atoms with Crippen LogP contribution in [0.2, 0.25) is 5.02 Å². The summed E-state index contributed by atoms with van der Waals surface area (Å²) in [4.78, 5) is 2.43. The van der Waals surface area contributed by atoms with Crippen molar-refractivity contribution in [1.29, 1.82) is 0 Å². The van der Waals surface area contributed by atoms with Crippen LogP contribution in [0, 0.1) is 11.7 Å². The summed E-state index contributed by atoms with van der Waals surface area (Å²) in [6, 6.07) is 5.60. The van der Waals surface area contributed by atoms with Gasteiger partial charge in [0.05, 0.1) is 0 Å². The molecular weight excluding hydrogens is 275 g/mol. The molecule has 2 nitrogen and oxygen atoms in total. The van der Waals surface area contributed by atoms with Gasteiger partial charge in [-0.15, -0.1) is 0 Å².